The van der Waals surface area contributed by atoms with Crippen molar-refractivity contribution in [1.82, 2.24) is 0 Å². The summed E-state index contributed by atoms with van der Waals surface area (Å²) < 4.78 is 0.616. The number of fused-ring (bicyclic) bond motifs is 1. The number of allylic oxidation sites excluding steroid dienone is 3. The maximum absolute atomic E-state index is 9.32. The van der Waals surface area contributed by atoms with Gasteiger partial charge in [-0.1, -0.05) is 42.3 Å². The second-order valence-corrected chi connectivity index (χ2v) is 5.52. The Balaban J connectivity index is 2.30. The fourth-order valence-corrected chi connectivity index (χ4v) is 2.91. The SMILES string of the molecule is CC(O)CC1=CC=C2SC(=S)N=C2C1=S. The summed E-state index contributed by atoms with van der Waals surface area (Å²) in [5.41, 5.74) is 1.77. The van der Waals surface area contributed by atoms with E-state index in [4.69, 9.17) is 24.4 Å². The van der Waals surface area contributed by atoms with Crippen LogP contribution in [0, 0.1) is 0 Å². The molecule has 0 aromatic heterocycles. The Morgan fingerprint density at radius 2 is 2.20 bits per heavy atom. The number of aliphatic imine (C=N–C) groups is 1. The summed E-state index contributed by atoms with van der Waals surface area (Å²) in [5, 5.41) is 9.32. The maximum Gasteiger partial charge on any atom is 0.165 e. The van der Waals surface area contributed by atoms with Crippen LogP contribution in [0.25, 0.3) is 0 Å². The molecule has 1 aliphatic heterocycles. The predicted octanol–water partition coefficient (Wildman–Crippen LogP) is 2.42. The van der Waals surface area contributed by atoms with Gasteiger partial charge in [-0.3, -0.25) is 0 Å². The standard InChI is InChI=1S/C10H9NOS3/c1-5(12)4-6-2-3-7-8(9(6)13)11-10(14)15-7/h2-3,5,12H,4H2,1H3. The van der Waals surface area contributed by atoms with E-state index in [0.717, 1.165) is 21.1 Å². The molecule has 15 heavy (non-hydrogen) atoms. The molecule has 0 radical (unpaired) electrons. The van der Waals surface area contributed by atoms with Gasteiger partial charge in [0.15, 0.2) is 4.32 Å². The molecule has 2 aliphatic rings. The van der Waals surface area contributed by atoms with Gasteiger partial charge in [-0.25, -0.2) is 4.99 Å². The van der Waals surface area contributed by atoms with Crippen molar-refractivity contribution in [1.29, 1.82) is 0 Å². The highest BCUT2D eigenvalue weighted by Crippen LogP contribution is 2.33. The lowest BCUT2D eigenvalue weighted by Crippen LogP contribution is -2.19. The van der Waals surface area contributed by atoms with E-state index < -0.39 is 0 Å². The van der Waals surface area contributed by atoms with Crippen molar-refractivity contribution in [3.63, 3.8) is 0 Å². The van der Waals surface area contributed by atoms with Gasteiger partial charge in [0.1, 0.15) is 0 Å². The molecule has 1 N–H and O–H groups in total. The van der Waals surface area contributed by atoms with Gasteiger partial charge in [-0.05, 0) is 25.0 Å². The van der Waals surface area contributed by atoms with E-state index in [-0.39, 0.29) is 6.10 Å². The first kappa shape index (κ1) is 11.1. The summed E-state index contributed by atoms with van der Waals surface area (Å²) in [6, 6.07) is 0. The molecule has 1 atom stereocenters. The predicted molar refractivity (Wildman–Crippen MR) is 72.7 cm³/mol. The third-order valence-corrected chi connectivity index (χ3v) is 3.70. The van der Waals surface area contributed by atoms with Crippen molar-refractivity contribution >= 4 is 51.1 Å². The summed E-state index contributed by atoms with van der Waals surface area (Å²) in [6.45, 7) is 1.75. The van der Waals surface area contributed by atoms with Gasteiger partial charge in [-0.2, -0.15) is 0 Å². The Morgan fingerprint density at radius 1 is 1.47 bits per heavy atom. The van der Waals surface area contributed by atoms with Crippen LogP contribution in [0.1, 0.15) is 13.3 Å². The van der Waals surface area contributed by atoms with Crippen LogP contribution in [0.4, 0.5) is 0 Å². The number of nitrogens with zero attached hydrogens (tertiary/aromatic N) is 1. The molecular formula is C10H9NOS3. The summed E-state index contributed by atoms with van der Waals surface area (Å²) in [6.07, 6.45) is 4.10. The van der Waals surface area contributed by atoms with Gasteiger partial charge in [0.25, 0.3) is 0 Å². The van der Waals surface area contributed by atoms with Gasteiger partial charge in [0.05, 0.1) is 16.7 Å². The number of aliphatic hydroxyl groups excluding tert-OH is 1. The first-order chi connectivity index (χ1) is 7.08. The van der Waals surface area contributed by atoms with Crippen LogP contribution in [-0.4, -0.2) is 26.1 Å². The number of thioether (sulfide) groups is 1. The lowest BCUT2D eigenvalue weighted by molar-refractivity contribution is 0.197. The van der Waals surface area contributed by atoms with Crippen LogP contribution >= 0.6 is 36.2 Å². The minimum atomic E-state index is -0.384. The molecule has 0 fully saturated rings. The van der Waals surface area contributed by atoms with Crippen molar-refractivity contribution in [2.75, 3.05) is 0 Å². The second-order valence-electron chi connectivity index (χ2n) is 3.43. The number of hydrogen-bond acceptors (Lipinski definition) is 4. The molecule has 0 bridgehead atoms. The topological polar surface area (TPSA) is 32.6 Å². The van der Waals surface area contributed by atoms with Gasteiger partial charge in [0.2, 0.25) is 0 Å². The lowest BCUT2D eigenvalue weighted by Gasteiger charge is -2.14. The summed E-state index contributed by atoms with van der Waals surface area (Å²) in [7, 11) is 0. The zero-order valence-corrected chi connectivity index (χ0v) is 10.5. The van der Waals surface area contributed by atoms with Crippen molar-refractivity contribution in [2.24, 2.45) is 4.99 Å². The largest absolute Gasteiger partial charge is 0.393 e. The highest BCUT2D eigenvalue weighted by Gasteiger charge is 2.26. The van der Waals surface area contributed by atoms with Crippen LogP contribution < -0.4 is 0 Å². The van der Waals surface area contributed by atoms with Crippen molar-refractivity contribution in [3.05, 3.63) is 22.6 Å². The first-order valence-corrected chi connectivity index (χ1v) is 6.15. The molecule has 0 aromatic carbocycles. The van der Waals surface area contributed by atoms with Crippen LogP contribution in [0.15, 0.2) is 27.6 Å². The fraction of sp³-hybridized carbons (Fsp3) is 0.300. The summed E-state index contributed by atoms with van der Waals surface area (Å²) in [5.74, 6) is 0. The van der Waals surface area contributed by atoms with E-state index >= 15 is 0 Å². The molecule has 5 heteroatoms. The molecule has 0 spiro atoms. The third kappa shape index (κ3) is 2.25. The van der Waals surface area contributed by atoms with E-state index in [1.54, 1.807) is 6.92 Å². The summed E-state index contributed by atoms with van der Waals surface area (Å²) >= 11 is 11.8. The van der Waals surface area contributed by atoms with Gasteiger partial charge >= 0.3 is 0 Å². The zero-order chi connectivity index (χ0) is 11.0. The molecule has 0 aromatic rings. The number of rotatable bonds is 2. The molecule has 0 saturated heterocycles. The smallest absolute Gasteiger partial charge is 0.165 e. The van der Waals surface area contributed by atoms with Crippen LogP contribution in [0.2, 0.25) is 0 Å². The van der Waals surface area contributed by atoms with E-state index in [0.29, 0.717) is 10.7 Å². The maximum atomic E-state index is 9.32. The average Bonchev–Trinajstić information content (AvgIpc) is 2.51. The number of aliphatic hydroxyl groups is 1. The van der Waals surface area contributed by atoms with Crippen molar-refractivity contribution in [2.45, 2.75) is 19.4 Å². The van der Waals surface area contributed by atoms with E-state index in [9.17, 15) is 5.11 Å². The molecule has 0 saturated carbocycles. The Morgan fingerprint density at radius 3 is 2.87 bits per heavy atom. The molecule has 0 amide bonds. The van der Waals surface area contributed by atoms with E-state index in [2.05, 4.69) is 4.99 Å². The molecule has 2 nitrogen and oxygen atoms in total. The number of thiocarbonyl (C=S) groups is 2. The lowest BCUT2D eigenvalue weighted by atomic mass is 9.98. The van der Waals surface area contributed by atoms with Gasteiger partial charge in [0, 0.05) is 4.91 Å². The van der Waals surface area contributed by atoms with E-state index in [1.807, 2.05) is 12.2 Å². The molecule has 1 aliphatic carbocycles. The van der Waals surface area contributed by atoms with Crippen LogP contribution in [0.3, 0.4) is 0 Å². The Labute approximate surface area is 103 Å². The minimum Gasteiger partial charge on any atom is -0.393 e. The fourth-order valence-electron chi connectivity index (χ4n) is 1.47. The Kier molecular flexibility index (Phi) is 3.16. The highest BCUT2D eigenvalue weighted by atomic mass is 32.2. The van der Waals surface area contributed by atoms with Crippen molar-refractivity contribution in [3.8, 4) is 0 Å². The monoisotopic (exact) mass is 255 g/mol. The molecule has 1 unspecified atom stereocenters. The molecular weight excluding hydrogens is 246 g/mol. The molecule has 2 rings (SSSR count). The second kappa shape index (κ2) is 4.25. The Bertz CT molecular complexity index is 432. The Hall–Kier alpha value is -0.360. The normalized spacial score (nSPS) is 21.9. The minimum absolute atomic E-state index is 0.384. The highest BCUT2D eigenvalue weighted by molar-refractivity contribution is 8.26. The van der Waals surface area contributed by atoms with Gasteiger partial charge in [-0.15, -0.1) is 0 Å². The van der Waals surface area contributed by atoms with Crippen molar-refractivity contribution < 1.29 is 5.11 Å². The van der Waals surface area contributed by atoms with E-state index in [1.165, 1.54) is 11.8 Å². The van der Waals surface area contributed by atoms with Crippen LogP contribution in [0.5, 0.6) is 0 Å². The zero-order valence-electron chi connectivity index (χ0n) is 8.06. The molecule has 1 heterocycles. The van der Waals surface area contributed by atoms with Crippen LogP contribution in [-0.2, 0) is 0 Å². The third-order valence-electron chi connectivity index (χ3n) is 2.09. The molecule has 78 valence electrons. The first-order valence-electron chi connectivity index (χ1n) is 4.52. The average molecular weight is 255 g/mol. The number of hydrogen-bond donors (Lipinski definition) is 1. The summed E-state index contributed by atoms with van der Waals surface area (Å²) in [4.78, 5) is 5.98. The van der Waals surface area contributed by atoms with Gasteiger partial charge < -0.3 is 5.11 Å². The quantitative estimate of drug-likeness (QED) is 0.768.